The third-order valence-electron chi connectivity index (χ3n) is 4.35. The van der Waals surface area contributed by atoms with Gasteiger partial charge in [0, 0.05) is 31.0 Å². The fourth-order valence-electron chi connectivity index (χ4n) is 3.20. The van der Waals surface area contributed by atoms with Crippen molar-refractivity contribution in [1.82, 2.24) is 24.6 Å². The molecule has 7 nitrogen and oxygen atoms in total. The highest BCUT2D eigenvalue weighted by Gasteiger charge is 2.25. The molecular weight excluding hydrogens is 294 g/mol. The summed E-state index contributed by atoms with van der Waals surface area (Å²) in [6.45, 7) is 1.40. The van der Waals surface area contributed by atoms with Crippen LogP contribution >= 0.6 is 0 Å². The Balaban J connectivity index is 1.58. The van der Waals surface area contributed by atoms with Crippen LogP contribution in [0.25, 0.3) is 11.0 Å². The molecule has 1 fully saturated rings. The molecule has 1 unspecified atom stereocenters. The summed E-state index contributed by atoms with van der Waals surface area (Å²) >= 11 is 0. The van der Waals surface area contributed by atoms with Crippen molar-refractivity contribution in [2.45, 2.75) is 18.9 Å². The van der Waals surface area contributed by atoms with E-state index in [9.17, 15) is 9.59 Å². The summed E-state index contributed by atoms with van der Waals surface area (Å²) in [4.78, 5) is 31.3. The maximum absolute atomic E-state index is 12.8. The zero-order valence-corrected chi connectivity index (χ0v) is 12.5. The highest BCUT2D eigenvalue weighted by molar-refractivity contribution is 5.97. The van der Waals surface area contributed by atoms with Crippen molar-refractivity contribution in [1.29, 1.82) is 0 Å². The molecule has 3 aromatic rings. The van der Waals surface area contributed by atoms with Crippen molar-refractivity contribution >= 4 is 16.9 Å². The lowest BCUT2D eigenvalue weighted by atomic mass is 10.0. The molecule has 4 rings (SSSR count). The zero-order chi connectivity index (χ0) is 15.8. The van der Waals surface area contributed by atoms with Crippen molar-refractivity contribution in [2.24, 2.45) is 0 Å². The van der Waals surface area contributed by atoms with Gasteiger partial charge in [-0.3, -0.25) is 9.48 Å². The van der Waals surface area contributed by atoms with Crippen LogP contribution in [-0.2, 0) is 0 Å². The van der Waals surface area contributed by atoms with Crippen LogP contribution in [0.2, 0.25) is 0 Å². The Kier molecular flexibility index (Phi) is 3.25. The van der Waals surface area contributed by atoms with E-state index < -0.39 is 0 Å². The van der Waals surface area contributed by atoms with E-state index in [1.165, 1.54) is 0 Å². The fourth-order valence-corrected chi connectivity index (χ4v) is 3.20. The van der Waals surface area contributed by atoms with Crippen molar-refractivity contribution < 1.29 is 4.79 Å². The largest absolute Gasteiger partial charge is 0.337 e. The summed E-state index contributed by atoms with van der Waals surface area (Å²) in [6.07, 6.45) is 5.68. The molecule has 7 heteroatoms. The van der Waals surface area contributed by atoms with Gasteiger partial charge in [-0.2, -0.15) is 5.10 Å². The second kappa shape index (κ2) is 5.42. The monoisotopic (exact) mass is 311 g/mol. The minimum atomic E-state index is -0.263. The topological polar surface area (TPSA) is 86.8 Å². The van der Waals surface area contributed by atoms with Crippen LogP contribution in [0, 0.1) is 0 Å². The van der Waals surface area contributed by atoms with Crippen LogP contribution in [0.3, 0.4) is 0 Å². The van der Waals surface area contributed by atoms with E-state index in [1.807, 2.05) is 21.8 Å². The molecule has 2 aromatic heterocycles. The molecule has 0 spiro atoms. The van der Waals surface area contributed by atoms with Gasteiger partial charge in [-0.1, -0.05) is 0 Å². The number of benzene rings is 1. The van der Waals surface area contributed by atoms with Crippen LogP contribution in [0.15, 0.2) is 41.5 Å². The number of fused-ring (bicyclic) bond motifs is 1. The Hall–Kier alpha value is -2.83. The molecule has 2 N–H and O–H groups in total. The number of aromatic amines is 2. The molecule has 0 aliphatic carbocycles. The van der Waals surface area contributed by atoms with Crippen molar-refractivity contribution in [3.8, 4) is 0 Å². The average Bonchev–Trinajstić information content (AvgIpc) is 3.22. The number of hydrogen-bond acceptors (Lipinski definition) is 3. The summed E-state index contributed by atoms with van der Waals surface area (Å²) in [6, 6.07) is 7.37. The molecule has 1 atom stereocenters. The molecule has 3 heterocycles. The number of carbonyl (C=O) groups is 1. The first-order chi connectivity index (χ1) is 11.2. The fraction of sp³-hybridized carbons (Fsp3) is 0.312. The van der Waals surface area contributed by atoms with Gasteiger partial charge >= 0.3 is 5.69 Å². The Morgan fingerprint density at radius 2 is 2.13 bits per heavy atom. The number of amides is 1. The number of imidazole rings is 1. The number of H-pyrrole nitrogens is 2. The van der Waals surface area contributed by atoms with Crippen LogP contribution in [0.1, 0.15) is 29.2 Å². The maximum atomic E-state index is 12.8. The van der Waals surface area contributed by atoms with Crippen LogP contribution in [0.4, 0.5) is 0 Å². The van der Waals surface area contributed by atoms with Crippen molar-refractivity contribution in [2.75, 3.05) is 13.1 Å². The van der Waals surface area contributed by atoms with Crippen LogP contribution in [0.5, 0.6) is 0 Å². The quantitative estimate of drug-likeness (QED) is 0.752. The van der Waals surface area contributed by atoms with E-state index in [1.54, 1.807) is 24.4 Å². The summed E-state index contributed by atoms with van der Waals surface area (Å²) in [5, 5.41) is 4.28. The molecule has 1 amide bonds. The normalized spacial score (nSPS) is 18.4. The van der Waals surface area contributed by atoms with E-state index in [0.29, 0.717) is 23.1 Å². The molecular formula is C16H17N5O2. The molecule has 1 aliphatic heterocycles. The minimum Gasteiger partial charge on any atom is -0.337 e. The Bertz CT molecular complexity index is 893. The van der Waals surface area contributed by atoms with Gasteiger partial charge in [0.1, 0.15) is 0 Å². The molecule has 1 saturated heterocycles. The summed E-state index contributed by atoms with van der Waals surface area (Å²) in [7, 11) is 0. The van der Waals surface area contributed by atoms with Crippen molar-refractivity contribution in [3.63, 3.8) is 0 Å². The Morgan fingerprint density at radius 1 is 1.26 bits per heavy atom. The molecule has 23 heavy (non-hydrogen) atoms. The standard InChI is InChI=1S/C16H17N5O2/c22-15(11-4-5-13-14(9-11)19-16(23)18-13)20-7-1-3-12(10-20)21-8-2-6-17-21/h2,4-6,8-9,12H,1,3,7,10H2,(H2,18,19,23). The van der Waals surface area contributed by atoms with E-state index in [4.69, 9.17) is 0 Å². The number of carbonyl (C=O) groups excluding carboxylic acids is 1. The van der Waals surface area contributed by atoms with E-state index >= 15 is 0 Å². The molecule has 0 saturated carbocycles. The Morgan fingerprint density at radius 3 is 2.96 bits per heavy atom. The smallest absolute Gasteiger partial charge is 0.323 e. The maximum Gasteiger partial charge on any atom is 0.323 e. The SMILES string of the molecule is O=C(c1ccc2[nH]c(=O)[nH]c2c1)N1CCCC(n2cccn2)C1. The van der Waals surface area contributed by atoms with Gasteiger partial charge in [-0.15, -0.1) is 0 Å². The second-order valence-electron chi connectivity index (χ2n) is 5.87. The van der Waals surface area contributed by atoms with Crippen molar-refractivity contribution in [3.05, 3.63) is 52.7 Å². The molecule has 118 valence electrons. The van der Waals surface area contributed by atoms with Gasteiger partial charge in [-0.05, 0) is 37.1 Å². The van der Waals surface area contributed by atoms with Gasteiger partial charge in [-0.25, -0.2) is 4.79 Å². The van der Waals surface area contributed by atoms with Crippen LogP contribution < -0.4 is 5.69 Å². The van der Waals surface area contributed by atoms with Gasteiger partial charge in [0.25, 0.3) is 5.91 Å². The predicted molar refractivity (Wildman–Crippen MR) is 85.3 cm³/mol. The number of nitrogens with zero attached hydrogens (tertiary/aromatic N) is 3. The van der Waals surface area contributed by atoms with Crippen LogP contribution in [-0.4, -0.2) is 43.6 Å². The predicted octanol–water partition coefficient (Wildman–Crippen LogP) is 1.53. The number of piperidine rings is 1. The number of likely N-dealkylation sites (tertiary alicyclic amines) is 1. The zero-order valence-electron chi connectivity index (χ0n) is 12.5. The number of hydrogen-bond donors (Lipinski definition) is 2. The molecule has 0 radical (unpaired) electrons. The lowest BCUT2D eigenvalue weighted by molar-refractivity contribution is 0.0673. The summed E-state index contributed by atoms with van der Waals surface area (Å²) in [5.74, 6) is -0.00851. The van der Waals surface area contributed by atoms with Gasteiger partial charge < -0.3 is 14.9 Å². The lowest BCUT2D eigenvalue weighted by Crippen LogP contribution is -2.40. The average molecular weight is 311 g/mol. The third-order valence-corrected chi connectivity index (χ3v) is 4.35. The summed E-state index contributed by atoms with van der Waals surface area (Å²) < 4.78 is 1.92. The number of nitrogens with one attached hydrogen (secondary N) is 2. The molecule has 1 aliphatic rings. The number of rotatable bonds is 2. The first kappa shape index (κ1) is 13.8. The minimum absolute atomic E-state index is 0.00851. The second-order valence-corrected chi connectivity index (χ2v) is 5.87. The summed E-state index contributed by atoms with van der Waals surface area (Å²) in [5.41, 5.74) is 1.69. The highest BCUT2D eigenvalue weighted by atomic mass is 16.2. The van der Waals surface area contributed by atoms with E-state index in [0.717, 1.165) is 19.4 Å². The molecule has 1 aromatic carbocycles. The third kappa shape index (κ3) is 2.54. The highest BCUT2D eigenvalue weighted by Crippen LogP contribution is 2.22. The Labute approximate surface area is 131 Å². The first-order valence-corrected chi connectivity index (χ1v) is 7.71. The van der Waals surface area contributed by atoms with Gasteiger partial charge in [0.05, 0.1) is 17.1 Å². The van der Waals surface area contributed by atoms with Gasteiger partial charge in [0.15, 0.2) is 0 Å². The number of aromatic nitrogens is 4. The lowest BCUT2D eigenvalue weighted by Gasteiger charge is -2.33. The van der Waals surface area contributed by atoms with E-state index in [2.05, 4.69) is 15.1 Å². The first-order valence-electron chi connectivity index (χ1n) is 7.71. The van der Waals surface area contributed by atoms with Gasteiger partial charge in [0.2, 0.25) is 0 Å². The van der Waals surface area contributed by atoms with E-state index in [-0.39, 0.29) is 17.6 Å². The molecule has 0 bridgehead atoms.